The number of aliphatic hydroxyl groups is 1. The van der Waals surface area contributed by atoms with Gasteiger partial charge in [-0.05, 0) is 36.2 Å². The maximum Gasteiger partial charge on any atom is 0.142 e. The maximum atomic E-state index is 10.3. The number of β-amino-alcohol motifs (C(OH)–C–C–N with tert-alkyl or cyclic N) is 1. The van der Waals surface area contributed by atoms with Gasteiger partial charge in [-0.25, -0.2) is 0 Å². The van der Waals surface area contributed by atoms with Gasteiger partial charge in [0.15, 0.2) is 0 Å². The van der Waals surface area contributed by atoms with Crippen LogP contribution in [-0.2, 0) is 6.42 Å². The van der Waals surface area contributed by atoms with E-state index in [1.165, 1.54) is 5.56 Å². The highest BCUT2D eigenvalue weighted by molar-refractivity contribution is 5.58. The van der Waals surface area contributed by atoms with Gasteiger partial charge in [0.2, 0.25) is 0 Å². The first-order chi connectivity index (χ1) is 13.2. The van der Waals surface area contributed by atoms with E-state index in [1.807, 2.05) is 30.3 Å². The minimum atomic E-state index is -0.492. The number of para-hydroxylation sites is 2. The molecule has 5 nitrogen and oxygen atoms in total. The molecule has 1 fully saturated rings. The Morgan fingerprint density at radius 1 is 1.00 bits per heavy atom. The summed E-state index contributed by atoms with van der Waals surface area (Å²) in [7, 11) is 1.71. The van der Waals surface area contributed by atoms with Crippen LogP contribution < -0.4 is 14.4 Å². The molecule has 1 aliphatic heterocycles. The van der Waals surface area contributed by atoms with Crippen LogP contribution in [0.5, 0.6) is 11.5 Å². The van der Waals surface area contributed by atoms with Crippen LogP contribution in [-0.4, -0.2) is 62.6 Å². The molecule has 0 bridgehead atoms. The Morgan fingerprint density at radius 2 is 1.70 bits per heavy atom. The lowest BCUT2D eigenvalue weighted by Crippen LogP contribution is -2.49. The Balaban J connectivity index is 1.43. The van der Waals surface area contributed by atoms with Crippen LogP contribution in [0.25, 0.3) is 0 Å². The van der Waals surface area contributed by atoms with Gasteiger partial charge in [0.1, 0.15) is 24.2 Å². The minimum Gasteiger partial charge on any atom is -0.495 e. The quantitative estimate of drug-likeness (QED) is 0.774. The summed E-state index contributed by atoms with van der Waals surface area (Å²) >= 11 is 0. The highest BCUT2D eigenvalue weighted by Crippen LogP contribution is 2.28. The fourth-order valence-electron chi connectivity index (χ4n) is 3.43. The number of piperazine rings is 1. The number of ether oxygens (including phenoxy) is 2. The molecule has 1 heterocycles. The van der Waals surface area contributed by atoms with Gasteiger partial charge in [0.25, 0.3) is 0 Å². The molecule has 0 radical (unpaired) electrons. The number of benzene rings is 2. The van der Waals surface area contributed by atoms with Crippen LogP contribution >= 0.6 is 0 Å². The molecule has 1 atom stereocenters. The molecule has 1 saturated heterocycles. The van der Waals surface area contributed by atoms with E-state index in [4.69, 9.17) is 9.47 Å². The van der Waals surface area contributed by atoms with Crippen molar-refractivity contribution in [1.29, 1.82) is 0 Å². The van der Waals surface area contributed by atoms with Crippen molar-refractivity contribution in [2.45, 2.75) is 19.4 Å². The molecule has 1 N–H and O–H groups in total. The summed E-state index contributed by atoms with van der Waals surface area (Å²) in [6.45, 7) is 6.76. The zero-order valence-electron chi connectivity index (χ0n) is 16.3. The normalized spacial score (nSPS) is 16.2. The first kappa shape index (κ1) is 19.5. The van der Waals surface area contributed by atoms with Gasteiger partial charge < -0.3 is 19.5 Å². The molecule has 0 aromatic heterocycles. The first-order valence-corrected chi connectivity index (χ1v) is 9.69. The van der Waals surface area contributed by atoms with Gasteiger partial charge in [-0.1, -0.05) is 31.2 Å². The third-order valence-electron chi connectivity index (χ3n) is 5.04. The zero-order chi connectivity index (χ0) is 19.1. The van der Waals surface area contributed by atoms with E-state index in [-0.39, 0.29) is 0 Å². The molecule has 3 rings (SSSR count). The fourth-order valence-corrected chi connectivity index (χ4v) is 3.43. The third-order valence-corrected chi connectivity index (χ3v) is 5.04. The van der Waals surface area contributed by atoms with E-state index in [9.17, 15) is 5.11 Å². The lowest BCUT2D eigenvalue weighted by Gasteiger charge is -2.37. The molecular weight excluding hydrogens is 340 g/mol. The molecule has 1 unspecified atom stereocenters. The maximum absolute atomic E-state index is 10.3. The SMILES string of the molecule is CCc1ccc(OCC(O)CN2CCN(c3ccccc3OC)CC2)cc1. The summed E-state index contributed by atoms with van der Waals surface area (Å²) in [6, 6.07) is 16.2. The van der Waals surface area contributed by atoms with Crippen molar-refractivity contribution in [3.05, 3.63) is 54.1 Å². The van der Waals surface area contributed by atoms with Crippen molar-refractivity contribution < 1.29 is 14.6 Å². The van der Waals surface area contributed by atoms with Crippen LogP contribution in [0.2, 0.25) is 0 Å². The Bertz CT molecular complexity index is 697. The molecule has 0 aliphatic carbocycles. The number of methoxy groups -OCH3 is 1. The van der Waals surface area contributed by atoms with Gasteiger partial charge >= 0.3 is 0 Å². The standard InChI is InChI=1S/C22H30N2O3/c1-3-18-8-10-20(11-9-18)27-17-19(25)16-23-12-14-24(15-13-23)21-6-4-5-7-22(21)26-2/h4-11,19,25H,3,12-17H2,1-2H3. The van der Waals surface area contributed by atoms with Crippen LogP contribution in [0.15, 0.2) is 48.5 Å². The molecule has 2 aromatic rings. The number of nitrogens with zero attached hydrogens (tertiary/aromatic N) is 2. The highest BCUT2D eigenvalue weighted by atomic mass is 16.5. The monoisotopic (exact) mass is 370 g/mol. The van der Waals surface area contributed by atoms with Crippen molar-refractivity contribution >= 4 is 5.69 Å². The average Bonchev–Trinajstić information content (AvgIpc) is 2.73. The Kier molecular flexibility index (Phi) is 6.96. The topological polar surface area (TPSA) is 45.2 Å². The van der Waals surface area contributed by atoms with Crippen LogP contribution in [0.1, 0.15) is 12.5 Å². The average molecular weight is 370 g/mol. The van der Waals surface area contributed by atoms with E-state index < -0.39 is 6.10 Å². The lowest BCUT2D eigenvalue weighted by molar-refractivity contribution is 0.0663. The molecular formula is C22H30N2O3. The van der Waals surface area contributed by atoms with Crippen LogP contribution in [0, 0.1) is 0 Å². The van der Waals surface area contributed by atoms with Crippen molar-refractivity contribution in [3.63, 3.8) is 0 Å². The zero-order valence-corrected chi connectivity index (χ0v) is 16.3. The smallest absolute Gasteiger partial charge is 0.142 e. The predicted molar refractivity (Wildman–Crippen MR) is 109 cm³/mol. The predicted octanol–water partition coefficient (Wildman–Crippen LogP) is 2.82. The minimum absolute atomic E-state index is 0.318. The largest absolute Gasteiger partial charge is 0.495 e. The number of anilines is 1. The molecule has 5 heteroatoms. The summed E-state index contributed by atoms with van der Waals surface area (Å²) in [5.74, 6) is 1.72. The van der Waals surface area contributed by atoms with Crippen molar-refractivity contribution in [3.8, 4) is 11.5 Å². The second kappa shape index (κ2) is 9.62. The van der Waals surface area contributed by atoms with E-state index >= 15 is 0 Å². The molecule has 0 spiro atoms. The Hall–Kier alpha value is -2.24. The number of hydrogen-bond acceptors (Lipinski definition) is 5. The van der Waals surface area contributed by atoms with Crippen LogP contribution in [0.3, 0.4) is 0 Å². The summed E-state index contributed by atoms with van der Waals surface area (Å²) in [6.07, 6.45) is 0.526. The molecule has 146 valence electrons. The second-order valence-corrected chi connectivity index (χ2v) is 6.92. The summed E-state index contributed by atoms with van der Waals surface area (Å²) in [5, 5.41) is 10.3. The van der Waals surface area contributed by atoms with Gasteiger partial charge in [-0.2, -0.15) is 0 Å². The van der Waals surface area contributed by atoms with Crippen LogP contribution in [0.4, 0.5) is 5.69 Å². The fraction of sp³-hybridized carbons (Fsp3) is 0.455. The molecule has 1 aliphatic rings. The first-order valence-electron chi connectivity index (χ1n) is 9.69. The number of aryl methyl sites for hydroxylation is 1. The molecule has 27 heavy (non-hydrogen) atoms. The number of rotatable bonds is 8. The van der Waals surface area contributed by atoms with Gasteiger partial charge in [-0.3, -0.25) is 4.90 Å². The third kappa shape index (κ3) is 5.37. The van der Waals surface area contributed by atoms with Gasteiger partial charge in [-0.15, -0.1) is 0 Å². The number of aliphatic hydroxyl groups excluding tert-OH is 1. The van der Waals surface area contributed by atoms with Crippen molar-refractivity contribution in [1.82, 2.24) is 4.90 Å². The summed E-state index contributed by atoms with van der Waals surface area (Å²) in [5.41, 5.74) is 2.43. The Labute approximate surface area is 162 Å². The van der Waals surface area contributed by atoms with E-state index in [0.29, 0.717) is 13.2 Å². The van der Waals surface area contributed by atoms with Crippen molar-refractivity contribution in [2.24, 2.45) is 0 Å². The molecule has 0 saturated carbocycles. The van der Waals surface area contributed by atoms with Gasteiger partial charge in [0, 0.05) is 32.7 Å². The second-order valence-electron chi connectivity index (χ2n) is 6.92. The van der Waals surface area contributed by atoms with Gasteiger partial charge in [0.05, 0.1) is 12.8 Å². The van der Waals surface area contributed by atoms with E-state index in [1.54, 1.807) is 7.11 Å². The van der Waals surface area contributed by atoms with Crippen molar-refractivity contribution in [2.75, 3.05) is 51.3 Å². The summed E-state index contributed by atoms with van der Waals surface area (Å²) < 4.78 is 11.2. The van der Waals surface area contributed by atoms with E-state index in [2.05, 4.69) is 34.9 Å². The lowest BCUT2D eigenvalue weighted by atomic mass is 10.2. The molecule has 2 aromatic carbocycles. The molecule has 0 amide bonds. The number of hydrogen-bond donors (Lipinski definition) is 1. The highest BCUT2D eigenvalue weighted by Gasteiger charge is 2.21. The summed E-state index contributed by atoms with van der Waals surface area (Å²) in [4.78, 5) is 4.63. The Morgan fingerprint density at radius 3 is 2.37 bits per heavy atom. The van der Waals surface area contributed by atoms with E-state index in [0.717, 1.165) is 49.8 Å².